The van der Waals surface area contributed by atoms with E-state index in [9.17, 15) is 0 Å². The molecule has 0 atom stereocenters. The van der Waals surface area contributed by atoms with Crippen LogP contribution in [0.15, 0.2) is 34.8 Å². The monoisotopic (exact) mass is 452 g/mol. The number of guanidine groups is 1. The van der Waals surface area contributed by atoms with Crippen molar-refractivity contribution in [3.8, 4) is 0 Å². The van der Waals surface area contributed by atoms with E-state index < -0.39 is 0 Å². The van der Waals surface area contributed by atoms with Gasteiger partial charge in [-0.2, -0.15) is 0 Å². The highest BCUT2D eigenvalue weighted by molar-refractivity contribution is 14.0. The first-order chi connectivity index (χ1) is 10.1. The van der Waals surface area contributed by atoms with Gasteiger partial charge in [-0.25, -0.2) is 4.99 Å². The van der Waals surface area contributed by atoms with Crippen molar-refractivity contribution in [1.82, 2.24) is 14.8 Å². The normalized spacial score (nSPS) is 11.2. The van der Waals surface area contributed by atoms with E-state index in [2.05, 4.69) is 39.6 Å². The van der Waals surface area contributed by atoms with Gasteiger partial charge in [0.15, 0.2) is 5.96 Å². The van der Waals surface area contributed by atoms with Crippen LogP contribution in [0.1, 0.15) is 17.5 Å². The smallest absolute Gasteiger partial charge is 0.194 e. The van der Waals surface area contributed by atoms with E-state index in [0.717, 1.165) is 29.8 Å². The molecule has 0 fully saturated rings. The van der Waals surface area contributed by atoms with E-state index in [1.165, 1.54) is 4.88 Å². The van der Waals surface area contributed by atoms with E-state index in [1.807, 2.05) is 30.9 Å². The average Bonchev–Trinajstić information content (AvgIpc) is 3.05. The Bertz CT molecular complexity index is 595. The molecule has 0 saturated heterocycles. The van der Waals surface area contributed by atoms with E-state index in [-0.39, 0.29) is 24.0 Å². The van der Waals surface area contributed by atoms with E-state index in [1.54, 1.807) is 11.3 Å². The average molecular weight is 453 g/mol. The fourth-order valence-corrected chi connectivity index (χ4v) is 2.97. The van der Waals surface area contributed by atoms with Gasteiger partial charge in [-0.15, -0.1) is 35.3 Å². The second-order valence-electron chi connectivity index (χ2n) is 4.87. The van der Waals surface area contributed by atoms with E-state index >= 15 is 0 Å². The number of aliphatic imine (C=N–C) groups is 1. The number of nitrogens with zero attached hydrogens (tertiary/aromatic N) is 3. The first kappa shape index (κ1) is 19.3. The van der Waals surface area contributed by atoms with Crippen LogP contribution in [-0.4, -0.2) is 29.0 Å². The van der Waals surface area contributed by atoms with Crippen LogP contribution in [0.4, 0.5) is 0 Å². The molecule has 0 aliphatic carbocycles. The molecule has 0 saturated carbocycles. The number of halogens is 2. The Morgan fingerprint density at radius 2 is 2.27 bits per heavy atom. The standard InChI is InChI=1S/C15H21ClN4S.HI/c1-4-17-15(18-9-14-6-5-7-21-14)20(3)11-13-8-12(16)10-19(13)2;/h5-8,10H,4,9,11H2,1-3H3,(H,17,18);1H. The highest BCUT2D eigenvalue weighted by Crippen LogP contribution is 2.14. The molecule has 2 aromatic heterocycles. The molecule has 22 heavy (non-hydrogen) atoms. The third-order valence-corrected chi connectivity index (χ3v) is 4.20. The summed E-state index contributed by atoms with van der Waals surface area (Å²) in [6.07, 6.45) is 1.92. The molecule has 0 radical (unpaired) electrons. The minimum atomic E-state index is 0. The summed E-state index contributed by atoms with van der Waals surface area (Å²) in [5.74, 6) is 0.906. The Morgan fingerprint density at radius 3 is 2.82 bits per heavy atom. The molecule has 0 unspecified atom stereocenters. The second-order valence-corrected chi connectivity index (χ2v) is 6.33. The molecule has 0 aliphatic rings. The van der Waals surface area contributed by atoms with Gasteiger partial charge in [0.2, 0.25) is 0 Å². The van der Waals surface area contributed by atoms with Crippen molar-refractivity contribution in [2.45, 2.75) is 20.0 Å². The van der Waals surface area contributed by atoms with Gasteiger partial charge < -0.3 is 14.8 Å². The molecular formula is C15H22ClIN4S. The molecule has 1 N–H and O–H groups in total. The van der Waals surface area contributed by atoms with Gasteiger partial charge in [-0.1, -0.05) is 17.7 Å². The van der Waals surface area contributed by atoms with Gasteiger partial charge in [0.1, 0.15) is 0 Å². The predicted molar refractivity (Wildman–Crippen MR) is 106 cm³/mol. The lowest BCUT2D eigenvalue weighted by atomic mass is 10.4. The summed E-state index contributed by atoms with van der Waals surface area (Å²) in [7, 11) is 4.04. The Labute approximate surface area is 158 Å². The van der Waals surface area contributed by atoms with Crippen LogP contribution in [0.3, 0.4) is 0 Å². The number of hydrogen-bond donors (Lipinski definition) is 1. The van der Waals surface area contributed by atoms with Crippen molar-refractivity contribution in [2.24, 2.45) is 12.0 Å². The Hall–Kier alpha value is -0.730. The number of nitrogens with one attached hydrogen (secondary N) is 1. The lowest BCUT2D eigenvalue weighted by Gasteiger charge is -2.22. The fraction of sp³-hybridized carbons (Fsp3) is 0.400. The highest BCUT2D eigenvalue weighted by Gasteiger charge is 2.09. The fourth-order valence-electron chi connectivity index (χ4n) is 2.07. The maximum atomic E-state index is 6.03. The summed E-state index contributed by atoms with van der Waals surface area (Å²) in [4.78, 5) is 8.07. The van der Waals surface area contributed by atoms with Gasteiger partial charge in [0.25, 0.3) is 0 Å². The SMILES string of the molecule is CCNC(=NCc1cccs1)N(C)Cc1cc(Cl)cn1C.I. The Morgan fingerprint density at radius 1 is 1.50 bits per heavy atom. The summed E-state index contributed by atoms with van der Waals surface area (Å²) in [5, 5.41) is 6.17. The lowest BCUT2D eigenvalue weighted by Crippen LogP contribution is -2.38. The molecule has 122 valence electrons. The van der Waals surface area contributed by atoms with Crippen LogP contribution in [-0.2, 0) is 20.1 Å². The van der Waals surface area contributed by atoms with Gasteiger partial charge in [-0.3, -0.25) is 0 Å². The summed E-state index contributed by atoms with van der Waals surface area (Å²) < 4.78 is 2.04. The van der Waals surface area contributed by atoms with Crippen LogP contribution in [0.2, 0.25) is 5.02 Å². The first-order valence-corrected chi connectivity index (χ1v) is 8.18. The van der Waals surface area contributed by atoms with Crippen molar-refractivity contribution in [3.05, 3.63) is 45.4 Å². The van der Waals surface area contributed by atoms with Crippen molar-refractivity contribution in [3.63, 3.8) is 0 Å². The topological polar surface area (TPSA) is 32.6 Å². The maximum absolute atomic E-state index is 6.03. The zero-order chi connectivity index (χ0) is 15.2. The zero-order valence-corrected chi connectivity index (χ0v) is 16.9. The molecule has 7 heteroatoms. The predicted octanol–water partition coefficient (Wildman–Crippen LogP) is 3.96. The second kappa shape index (κ2) is 9.42. The molecule has 0 aliphatic heterocycles. The molecule has 2 aromatic rings. The van der Waals surface area contributed by atoms with Gasteiger partial charge in [0.05, 0.1) is 18.1 Å². The molecule has 0 bridgehead atoms. The third-order valence-electron chi connectivity index (χ3n) is 3.13. The molecule has 4 nitrogen and oxygen atoms in total. The van der Waals surface area contributed by atoms with Crippen LogP contribution >= 0.6 is 46.9 Å². The molecular weight excluding hydrogens is 431 g/mol. The van der Waals surface area contributed by atoms with Crippen LogP contribution in [0.25, 0.3) is 0 Å². The Kier molecular flexibility index (Phi) is 8.27. The van der Waals surface area contributed by atoms with Crippen molar-refractivity contribution in [2.75, 3.05) is 13.6 Å². The molecule has 0 amide bonds. The third kappa shape index (κ3) is 5.48. The number of aromatic nitrogens is 1. The van der Waals surface area contributed by atoms with Crippen LogP contribution in [0.5, 0.6) is 0 Å². The molecule has 2 rings (SSSR count). The zero-order valence-electron chi connectivity index (χ0n) is 13.0. The van der Waals surface area contributed by atoms with E-state index in [0.29, 0.717) is 6.54 Å². The minimum absolute atomic E-state index is 0. The molecule has 2 heterocycles. The number of rotatable bonds is 5. The van der Waals surface area contributed by atoms with Gasteiger partial charge >= 0.3 is 0 Å². The van der Waals surface area contributed by atoms with Crippen LogP contribution in [0, 0.1) is 0 Å². The maximum Gasteiger partial charge on any atom is 0.194 e. The number of hydrogen-bond acceptors (Lipinski definition) is 2. The van der Waals surface area contributed by atoms with Crippen molar-refractivity contribution >= 4 is 52.9 Å². The summed E-state index contributed by atoms with van der Waals surface area (Å²) in [6.45, 7) is 4.40. The van der Waals surface area contributed by atoms with Crippen molar-refractivity contribution < 1.29 is 0 Å². The number of thiophene rings is 1. The highest BCUT2D eigenvalue weighted by atomic mass is 127. The lowest BCUT2D eigenvalue weighted by molar-refractivity contribution is 0.462. The summed E-state index contributed by atoms with van der Waals surface area (Å²) in [6, 6.07) is 6.15. The first-order valence-electron chi connectivity index (χ1n) is 6.92. The molecule has 0 spiro atoms. The van der Waals surface area contributed by atoms with Crippen molar-refractivity contribution in [1.29, 1.82) is 0 Å². The quantitative estimate of drug-likeness (QED) is 0.423. The summed E-state index contributed by atoms with van der Waals surface area (Å²) >= 11 is 7.76. The van der Waals surface area contributed by atoms with E-state index in [4.69, 9.17) is 11.6 Å². The summed E-state index contributed by atoms with van der Waals surface area (Å²) in [5.41, 5.74) is 1.16. The largest absolute Gasteiger partial charge is 0.357 e. The van der Waals surface area contributed by atoms with Gasteiger partial charge in [-0.05, 0) is 24.4 Å². The minimum Gasteiger partial charge on any atom is -0.357 e. The number of aryl methyl sites for hydroxylation is 1. The van der Waals surface area contributed by atoms with Crippen LogP contribution < -0.4 is 5.32 Å². The van der Waals surface area contributed by atoms with Gasteiger partial charge in [0, 0.05) is 37.4 Å². The Balaban J connectivity index is 0.00000242. The molecule has 0 aromatic carbocycles.